The lowest BCUT2D eigenvalue weighted by atomic mass is 9.90. The molecule has 0 saturated heterocycles. The van der Waals surface area contributed by atoms with Crippen LogP contribution in [-0.2, 0) is 0 Å². The van der Waals surface area contributed by atoms with Gasteiger partial charge >= 0.3 is 0 Å². The van der Waals surface area contributed by atoms with E-state index in [4.69, 9.17) is 15.0 Å². The van der Waals surface area contributed by atoms with E-state index in [9.17, 15) is 0 Å². The van der Waals surface area contributed by atoms with Crippen LogP contribution in [-0.4, -0.2) is 15.0 Å². The van der Waals surface area contributed by atoms with E-state index in [-0.39, 0.29) is 0 Å². The van der Waals surface area contributed by atoms with Crippen LogP contribution >= 0.6 is 11.3 Å². The van der Waals surface area contributed by atoms with Crippen molar-refractivity contribution in [3.8, 4) is 33.8 Å². The summed E-state index contributed by atoms with van der Waals surface area (Å²) in [6.45, 7) is 0. The number of rotatable bonds is 3. The summed E-state index contributed by atoms with van der Waals surface area (Å²) in [7, 11) is 0. The zero-order valence-electron chi connectivity index (χ0n) is 29.5. The van der Waals surface area contributed by atoms with E-state index in [2.05, 4.69) is 170 Å². The fourth-order valence-electron chi connectivity index (χ4n) is 8.61. The number of aromatic nitrogens is 3. The van der Waals surface area contributed by atoms with Crippen LogP contribution in [0.1, 0.15) is 0 Å². The lowest BCUT2D eigenvalue weighted by Gasteiger charge is -2.16. The highest BCUT2D eigenvalue weighted by Crippen LogP contribution is 2.45. The summed E-state index contributed by atoms with van der Waals surface area (Å²) in [4.78, 5) is 16.1. The first kappa shape index (κ1) is 30.5. The second kappa shape index (κ2) is 11.7. The Labute approximate surface area is 319 Å². The molecule has 0 fully saturated rings. The molecule has 12 rings (SSSR count). The predicted octanol–water partition coefficient (Wildman–Crippen LogP) is 14.2. The van der Waals surface area contributed by atoms with Crippen LogP contribution in [0.15, 0.2) is 176 Å². The Hall–Kier alpha value is -7.01. The fourth-order valence-corrected chi connectivity index (χ4v) is 9.73. The average Bonchev–Trinajstić information content (AvgIpc) is 3.64. The van der Waals surface area contributed by atoms with E-state index in [0.29, 0.717) is 0 Å². The molecule has 0 aliphatic carbocycles. The summed E-state index contributed by atoms with van der Waals surface area (Å²) in [5.74, 6) is 0. The molecule has 0 N–H and O–H groups in total. The number of pyridine rings is 3. The molecule has 254 valence electrons. The minimum atomic E-state index is 0.903. The Bertz CT molecular complexity index is 3550. The topological polar surface area (TPSA) is 38.7 Å². The average molecular weight is 716 g/mol. The highest BCUT2D eigenvalue weighted by atomic mass is 32.1. The number of nitrogens with zero attached hydrogens (tertiary/aromatic N) is 3. The second-order valence-corrected chi connectivity index (χ2v) is 15.4. The van der Waals surface area contributed by atoms with Gasteiger partial charge in [0.15, 0.2) is 0 Å². The van der Waals surface area contributed by atoms with Gasteiger partial charge in [-0.25, -0.2) is 15.0 Å². The van der Waals surface area contributed by atoms with Crippen molar-refractivity contribution in [2.75, 3.05) is 0 Å². The lowest BCUT2D eigenvalue weighted by Crippen LogP contribution is -1.94. The Morgan fingerprint density at radius 1 is 0.345 bits per heavy atom. The van der Waals surface area contributed by atoms with Crippen molar-refractivity contribution in [2.45, 2.75) is 0 Å². The molecule has 0 spiro atoms. The third-order valence-corrected chi connectivity index (χ3v) is 12.3. The minimum Gasteiger partial charge on any atom is -0.247 e. The Balaban J connectivity index is 1.12. The molecule has 0 unspecified atom stereocenters. The first-order chi connectivity index (χ1) is 27.2. The molecule has 3 nitrogen and oxygen atoms in total. The van der Waals surface area contributed by atoms with Crippen LogP contribution in [0.25, 0.3) is 119 Å². The lowest BCUT2D eigenvalue weighted by molar-refractivity contribution is 1.37. The number of hydrogen-bond donors (Lipinski definition) is 0. The third kappa shape index (κ3) is 4.65. The molecule has 0 atom stereocenters. The maximum atomic E-state index is 5.53. The molecule has 4 heteroatoms. The van der Waals surface area contributed by atoms with E-state index in [1.165, 1.54) is 41.7 Å². The third-order valence-electron chi connectivity index (χ3n) is 11.2. The summed E-state index contributed by atoms with van der Waals surface area (Å²) in [6, 6.07) is 63.0. The van der Waals surface area contributed by atoms with Crippen molar-refractivity contribution in [1.82, 2.24) is 15.0 Å². The normalized spacial score (nSPS) is 12.0. The molecule has 0 saturated carbocycles. The minimum absolute atomic E-state index is 0.903. The molecule has 0 aliphatic rings. The van der Waals surface area contributed by atoms with Crippen LogP contribution in [0.4, 0.5) is 0 Å². The molecule has 0 radical (unpaired) electrons. The first-order valence-electron chi connectivity index (χ1n) is 18.6. The summed E-state index contributed by atoms with van der Waals surface area (Å²) >= 11 is 1.85. The van der Waals surface area contributed by atoms with E-state index < -0.39 is 0 Å². The van der Waals surface area contributed by atoms with E-state index >= 15 is 0 Å². The highest BCUT2D eigenvalue weighted by Gasteiger charge is 2.19. The van der Waals surface area contributed by atoms with Crippen molar-refractivity contribution in [3.05, 3.63) is 176 Å². The van der Waals surface area contributed by atoms with Crippen LogP contribution in [0.5, 0.6) is 0 Å². The molecule has 4 heterocycles. The van der Waals surface area contributed by atoms with Crippen molar-refractivity contribution in [3.63, 3.8) is 0 Å². The molecule has 0 amide bonds. The van der Waals surface area contributed by atoms with Gasteiger partial charge in [-0.1, -0.05) is 133 Å². The van der Waals surface area contributed by atoms with Crippen LogP contribution in [0, 0.1) is 0 Å². The molecule has 8 aromatic carbocycles. The highest BCUT2D eigenvalue weighted by molar-refractivity contribution is 7.26. The summed E-state index contributed by atoms with van der Waals surface area (Å²) < 4.78 is 2.59. The van der Waals surface area contributed by atoms with Gasteiger partial charge in [0.1, 0.15) is 0 Å². The van der Waals surface area contributed by atoms with Gasteiger partial charge in [-0.3, -0.25) is 0 Å². The number of thiophene rings is 1. The summed E-state index contributed by atoms with van der Waals surface area (Å²) in [6.07, 6.45) is 0. The van der Waals surface area contributed by atoms with Crippen LogP contribution in [0.2, 0.25) is 0 Å². The van der Waals surface area contributed by atoms with Gasteiger partial charge in [0.2, 0.25) is 0 Å². The van der Waals surface area contributed by atoms with E-state index in [1.54, 1.807) is 0 Å². The molecular formula is C51H29N3S. The largest absolute Gasteiger partial charge is 0.247 e. The van der Waals surface area contributed by atoms with Gasteiger partial charge in [0.05, 0.1) is 33.6 Å². The van der Waals surface area contributed by atoms with Crippen molar-refractivity contribution in [1.29, 1.82) is 0 Å². The quantitative estimate of drug-likeness (QED) is 0.135. The van der Waals surface area contributed by atoms with Gasteiger partial charge in [-0.05, 0) is 69.4 Å². The number of hydrogen-bond acceptors (Lipinski definition) is 4. The van der Waals surface area contributed by atoms with Crippen LogP contribution < -0.4 is 0 Å². The summed E-state index contributed by atoms with van der Waals surface area (Å²) in [5, 5.41) is 13.0. The van der Waals surface area contributed by atoms with Crippen LogP contribution in [0.3, 0.4) is 0 Å². The zero-order chi connectivity index (χ0) is 36.0. The van der Waals surface area contributed by atoms with Gasteiger partial charge in [0.25, 0.3) is 0 Å². The van der Waals surface area contributed by atoms with E-state index in [0.717, 1.165) is 77.3 Å². The van der Waals surface area contributed by atoms with Gasteiger partial charge in [-0.15, -0.1) is 11.3 Å². The van der Waals surface area contributed by atoms with Gasteiger partial charge < -0.3 is 0 Å². The standard InChI is InChI=1S/C51H29N3S/c1-2-10-30(11-3-1)42-24-20-31-18-19-32-21-25-43(53-50(32)49(31)52-42)35-22-23-38(41-29-34-13-5-4-12-33(34)28-40(35)41)51-37-15-7-6-14-36(37)47-44(54-51)26-27-46-48(47)39-16-8-9-17-45(39)55-46/h1-29H. The molecule has 0 bridgehead atoms. The maximum Gasteiger partial charge on any atom is 0.0972 e. The molecule has 12 aromatic rings. The molecule has 4 aromatic heterocycles. The SMILES string of the molecule is c1ccc(-c2ccc3ccc4ccc(-c5ccc(-c6nc7ccc8sc9ccccc9c8c7c7ccccc67)c6cc7ccccc7cc56)nc4c3n2)cc1. The Kier molecular flexibility index (Phi) is 6.50. The Morgan fingerprint density at radius 2 is 0.945 bits per heavy atom. The molecule has 0 aliphatic heterocycles. The Morgan fingerprint density at radius 3 is 1.73 bits per heavy atom. The van der Waals surface area contributed by atoms with Crippen molar-refractivity contribution >= 4 is 96.5 Å². The molecular weight excluding hydrogens is 687 g/mol. The maximum absolute atomic E-state index is 5.53. The van der Waals surface area contributed by atoms with Gasteiger partial charge in [-0.2, -0.15) is 0 Å². The first-order valence-corrected chi connectivity index (χ1v) is 19.4. The molecule has 55 heavy (non-hydrogen) atoms. The van der Waals surface area contributed by atoms with Crippen molar-refractivity contribution < 1.29 is 0 Å². The van der Waals surface area contributed by atoms with E-state index in [1.807, 2.05) is 17.4 Å². The monoisotopic (exact) mass is 715 g/mol. The van der Waals surface area contributed by atoms with Crippen molar-refractivity contribution in [2.24, 2.45) is 0 Å². The predicted molar refractivity (Wildman–Crippen MR) is 234 cm³/mol. The number of benzene rings is 8. The fraction of sp³-hybridized carbons (Fsp3) is 0. The smallest absolute Gasteiger partial charge is 0.0972 e. The zero-order valence-corrected chi connectivity index (χ0v) is 30.3. The van der Waals surface area contributed by atoms with Gasteiger partial charge in [0, 0.05) is 58.4 Å². The second-order valence-electron chi connectivity index (χ2n) is 14.3. The summed E-state index contributed by atoms with van der Waals surface area (Å²) in [5.41, 5.74) is 8.95. The number of fused-ring (bicyclic) bond motifs is 12.